The first-order valence-corrected chi connectivity index (χ1v) is 12.3. The number of nitrogens with one attached hydrogen (secondary N) is 2. The smallest absolute Gasteiger partial charge is 0.256 e. The van der Waals surface area contributed by atoms with Crippen LogP contribution in [0.15, 0.2) is 47.5 Å². The van der Waals surface area contributed by atoms with Gasteiger partial charge < -0.3 is 24.7 Å². The number of rotatable bonds is 12. The van der Waals surface area contributed by atoms with E-state index in [1.807, 2.05) is 32.0 Å². The third-order valence-corrected chi connectivity index (χ3v) is 6.49. The van der Waals surface area contributed by atoms with Gasteiger partial charge in [-0.3, -0.25) is 14.4 Å². The van der Waals surface area contributed by atoms with Crippen LogP contribution in [0, 0.1) is 0 Å². The molecule has 8 heteroatoms. The van der Waals surface area contributed by atoms with Crippen molar-refractivity contribution in [3.05, 3.63) is 69.6 Å². The largest absolute Gasteiger partial charge is 0.383 e. The predicted molar refractivity (Wildman–Crippen MR) is 135 cm³/mol. The summed E-state index contributed by atoms with van der Waals surface area (Å²) in [5.41, 5.74) is 0.355. The summed E-state index contributed by atoms with van der Waals surface area (Å²) in [6.07, 6.45) is 7.18. The third kappa shape index (κ3) is 7.02. The van der Waals surface area contributed by atoms with E-state index in [2.05, 4.69) is 22.8 Å². The molecule has 190 valence electrons. The van der Waals surface area contributed by atoms with Gasteiger partial charge in [-0.05, 0) is 32.3 Å². The number of nitrogens with zero attached hydrogens (tertiary/aromatic N) is 1. The minimum absolute atomic E-state index is 0.0456. The van der Waals surface area contributed by atoms with E-state index >= 15 is 0 Å². The Morgan fingerprint density at radius 3 is 2.23 bits per heavy atom. The highest BCUT2D eigenvalue weighted by atomic mass is 16.5. The zero-order valence-corrected chi connectivity index (χ0v) is 21.0. The van der Waals surface area contributed by atoms with Crippen LogP contribution in [0.4, 0.5) is 0 Å². The fourth-order valence-electron chi connectivity index (χ4n) is 4.59. The Balaban J connectivity index is 1.80. The van der Waals surface area contributed by atoms with Crippen LogP contribution in [-0.2, 0) is 21.4 Å². The van der Waals surface area contributed by atoms with Crippen LogP contribution in [-0.4, -0.2) is 55.9 Å². The van der Waals surface area contributed by atoms with Crippen molar-refractivity contribution >= 4 is 11.8 Å². The molecule has 8 nitrogen and oxygen atoms in total. The van der Waals surface area contributed by atoms with Gasteiger partial charge in [-0.25, -0.2) is 0 Å². The summed E-state index contributed by atoms with van der Waals surface area (Å²) in [7, 11) is 1.57. The van der Waals surface area contributed by atoms with Gasteiger partial charge in [-0.1, -0.05) is 43.2 Å². The number of methoxy groups -OCH3 is 1. The van der Waals surface area contributed by atoms with Crippen molar-refractivity contribution in [3.63, 3.8) is 0 Å². The van der Waals surface area contributed by atoms with E-state index in [0.29, 0.717) is 26.3 Å². The second-order valence-corrected chi connectivity index (χ2v) is 9.36. The lowest BCUT2D eigenvalue weighted by atomic mass is 9.79. The molecule has 1 aromatic carbocycles. The number of pyridine rings is 1. The molecular weight excluding hydrogens is 446 g/mol. The molecule has 0 unspecified atom stereocenters. The third-order valence-electron chi connectivity index (χ3n) is 6.49. The maximum Gasteiger partial charge on any atom is 0.256 e. The highest BCUT2D eigenvalue weighted by Crippen LogP contribution is 2.40. The molecule has 35 heavy (non-hydrogen) atoms. The quantitative estimate of drug-likeness (QED) is 0.453. The minimum Gasteiger partial charge on any atom is -0.383 e. The summed E-state index contributed by atoms with van der Waals surface area (Å²) in [4.78, 5) is 39.2. The Hall–Kier alpha value is -2.97. The lowest BCUT2D eigenvalue weighted by Gasteiger charge is -2.30. The number of hydrogen-bond donors (Lipinski definition) is 2. The molecule has 1 heterocycles. The molecule has 2 N–H and O–H groups in total. The molecular formula is C27H37N3O5. The van der Waals surface area contributed by atoms with Gasteiger partial charge in [-0.15, -0.1) is 0 Å². The summed E-state index contributed by atoms with van der Waals surface area (Å²) in [5.74, 6) is -0.999. The lowest BCUT2D eigenvalue weighted by molar-refractivity contribution is 0.0746. The van der Waals surface area contributed by atoms with Crippen LogP contribution in [0.3, 0.4) is 0 Å². The first-order chi connectivity index (χ1) is 16.9. The maximum atomic E-state index is 13.2. The molecule has 1 saturated carbocycles. The number of carbonyl (C=O) groups excluding carboxylic acids is 2. The van der Waals surface area contributed by atoms with Gasteiger partial charge in [0, 0.05) is 44.6 Å². The SMILES string of the molecule is COCCn1cc(C(=O)NCCOC(C)C)c(=O)c(C(=O)NCC2(c3ccccc3)CCCC2)c1. The van der Waals surface area contributed by atoms with Crippen LogP contribution in [0.5, 0.6) is 0 Å². The number of ether oxygens (including phenoxy) is 2. The number of amides is 2. The highest BCUT2D eigenvalue weighted by Gasteiger charge is 2.36. The Morgan fingerprint density at radius 1 is 1.00 bits per heavy atom. The zero-order valence-electron chi connectivity index (χ0n) is 21.0. The van der Waals surface area contributed by atoms with Crippen molar-refractivity contribution in [1.29, 1.82) is 0 Å². The Labute approximate surface area is 207 Å². The molecule has 1 aliphatic carbocycles. The van der Waals surface area contributed by atoms with Crippen molar-refractivity contribution in [2.45, 2.75) is 57.6 Å². The molecule has 2 amide bonds. The maximum absolute atomic E-state index is 13.2. The van der Waals surface area contributed by atoms with Crippen LogP contribution in [0.1, 0.15) is 65.8 Å². The zero-order chi connectivity index (χ0) is 25.3. The van der Waals surface area contributed by atoms with Gasteiger partial charge in [0.15, 0.2) is 0 Å². The molecule has 3 rings (SSSR count). The standard InChI is InChI=1S/C27H37N3O5/c1-20(2)35-15-13-28-25(32)22-17-30(14-16-34-3)18-23(24(22)31)26(33)29-19-27(11-7-8-12-27)21-9-5-4-6-10-21/h4-6,9-10,17-18,20H,7-8,11-16,19H2,1-3H3,(H,28,32)(H,29,33). The molecule has 2 aromatic rings. The fourth-order valence-corrected chi connectivity index (χ4v) is 4.59. The predicted octanol–water partition coefficient (Wildman–Crippen LogP) is 2.89. The van der Waals surface area contributed by atoms with Crippen LogP contribution in [0.25, 0.3) is 0 Å². The highest BCUT2D eigenvalue weighted by molar-refractivity contribution is 5.99. The molecule has 0 spiro atoms. The topological polar surface area (TPSA) is 98.7 Å². The van der Waals surface area contributed by atoms with Gasteiger partial charge >= 0.3 is 0 Å². The monoisotopic (exact) mass is 483 g/mol. The molecule has 0 saturated heterocycles. The van der Waals surface area contributed by atoms with E-state index in [0.717, 1.165) is 25.7 Å². The van der Waals surface area contributed by atoms with Crippen LogP contribution < -0.4 is 16.1 Å². The molecule has 1 aliphatic rings. The van der Waals surface area contributed by atoms with Crippen molar-refractivity contribution < 1.29 is 19.1 Å². The van der Waals surface area contributed by atoms with Gasteiger partial charge in [0.05, 0.1) is 19.3 Å². The summed E-state index contributed by atoms with van der Waals surface area (Å²) < 4.78 is 12.2. The average molecular weight is 484 g/mol. The fraction of sp³-hybridized carbons (Fsp3) is 0.519. The second kappa shape index (κ2) is 12.7. The average Bonchev–Trinajstić information content (AvgIpc) is 3.35. The molecule has 0 aliphatic heterocycles. The molecule has 1 aromatic heterocycles. The van der Waals surface area contributed by atoms with Gasteiger partial charge in [0.25, 0.3) is 11.8 Å². The van der Waals surface area contributed by atoms with Gasteiger partial charge in [-0.2, -0.15) is 0 Å². The number of benzene rings is 1. The van der Waals surface area contributed by atoms with E-state index in [1.54, 1.807) is 11.7 Å². The van der Waals surface area contributed by atoms with E-state index in [4.69, 9.17) is 9.47 Å². The molecule has 0 radical (unpaired) electrons. The van der Waals surface area contributed by atoms with Crippen molar-refractivity contribution in [1.82, 2.24) is 15.2 Å². The number of hydrogen-bond acceptors (Lipinski definition) is 5. The van der Waals surface area contributed by atoms with E-state index in [1.165, 1.54) is 18.0 Å². The first-order valence-electron chi connectivity index (χ1n) is 12.3. The van der Waals surface area contributed by atoms with Gasteiger partial charge in [0.2, 0.25) is 5.43 Å². The van der Waals surface area contributed by atoms with Crippen molar-refractivity contribution in [2.24, 2.45) is 0 Å². The summed E-state index contributed by atoms with van der Waals surface area (Å²) in [6, 6.07) is 10.2. The number of carbonyl (C=O) groups is 2. The summed E-state index contributed by atoms with van der Waals surface area (Å²) in [6.45, 7) is 5.65. The van der Waals surface area contributed by atoms with Crippen LogP contribution >= 0.6 is 0 Å². The normalized spacial score (nSPS) is 14.7. The Morgan fingerprint density at radius 2 is 1.63 bits per heavy atom. The van der Waals surface area contributed by atoms with Crippen molar-refractivity contribution in [2.75, 3.05) is 33.4 Å². The Bertz CT molecular complexity index is 1040. The van der Waals surface area contributed by atoms with E-state index in [-0.39, 0.29) is 29.2 Å². The Kier molecular flexibility index (Phi) is 9.63. The van der Waals surface area contributed by atoms with Crippen LogP contribution in [0.2, 0.25) is 0 Å². The first kappa shape index (κ1) is 26.6. The minimum atomic E-state index is -0.585. The lowest BCUT2D eigenvalue weighted by Crippen LogP contribution is -2.41. The van der Waals surface area contributed by atoms with E-state index < -0.39 is 17.2 Å². The van der Waals surface area contributed by atoms with Gasteiger partial charge in [0.1, 0.15) is 11.1 Å². The number of aromatic nitrogens is 1. The molecule has 0 atom stereocenters. The second-order valence-electron chi connectivity index (χ2n) is 9.36. The van der Waals surface area contributed by atoms with Crippen molar-refractivity contribution in [3.8, 4) is 0 Å². The molecule has 0 bridgehead atoms. The van der Waals surface area contributed by atoms with E-state index in [9.17, 15) is 14.4 Å². The molecule has 1 fully saturated rings. The summed E-state index contributed by atoms with van der Waals surface area (Å²) >= 11 is 0. The summed E-state index contributed by atoms with van der Waals surface area (Å²) in [5, 5.41) is 5.71.